The maximum Gasteiger partial charge on any atom is 0.191 e. The molecule has 1 aliphatic heterocycles. The van der Waals surface area contributed by atoms with Crippen LogP contribution in [0.1, 0.15) is 42.6 Å². The minimum absolute atomic E-state index is 0.737. The number of anilines is 1. The first-order chi connectivity index (χ1) is 13.7. The molecule has 1 saturated heterocycles. The molecule has 0 bridgehead atoms. The van der Waals surface area contributed by atoms with Crippen LogP contribution in [-0.4, -0.2) is 47.4 Å². The van der Waals surface area contributed by atoms with Crippen molar-refractivity contribution in [2.24, 2.45) is 4.99 Å². The molecule has 0 radical (unpaired) electrons. The summed E-state index contributed by atoms with van der Waals surface area (Å²) in [4.78, 5) is 11.3. The molecule has 0 aromatic carbocycles. The first kappa shape index (κ1) is 20.2. The van der Waals surface area contributed by atoms with Crippen molar-refractivity contribution in [1.82, 2.24) is 25.4 Å². The van der Waals surface area contributed by atoms with Crippen LogP contribution < -0.4 is 15.5 Å². The standard InChI is InChI=1S/C21H33N7/c1-17-14-18(2)28(26-17)13-7-9-24-21(22-3)25-16-19-8-10-23-20(15-19)27-11-5-4-6-12-27/h8,10,14-15H,4-7,9,11-13,16H2,1-3H3,(H2,22,24,25). The van der Waals surface area contributed by atoms with Crippen LogP contribution in [0.15, 0.2) is 29.4 Å². The normalized spacial score (nSPS) is 15.0. The summed E-state index contributed by atoms with van der Waals surface area (Å²) in [5, 5.41) is 11.3. The number of aryl methyl sites for hydroxylation is 3. The van der Waals surface area contributed by atoms with Crippen LogP contribution in [0, 0.1) is 13.8 Å². The van der Waals surface area contributed by atoms with Gasteiger partial charge in [-0.25, -0.2) is 4.98 Å². The number of aliphatic imine (C=N–C) groups is 1. The molecule has 2 aromatic rings. The highest BCUT2D eigenvalue weighted by molar-refractivity contribution is 5.79. The third-order valence-electron chi connectivity index (χ3n) is 5.12. The van der Waals surface area contributed by atoms with E-state index in [-0.39, 0.29) is 0 Å². The molecule has 0 amide bonds. The predicted octanol–water partition coefficient (Wildman–Crippen LogP) is 2.64. The van der Waals surface area contributed by atoms with Gasteiger partial charge in [-0.15, -0.1) is 0 Å². The van der Waals surface area contributed by atoms with Gasteiger partial charge in [-0.05, 0) is 63.3 Å². The van der Waals surface area contributed by atoms with Crippen LogP contribution in [0.4, 0.5) is 5.82 Å². The van der Waals surface area contributed by atoms with E-state index in [0.29, 0.717) is 0 Å². The van der Waals surface area contributed by atoms with Crippen molar-refractivity contribution < 1.29 is 0 Å². The molecule has 152 valence electrons. The maximum atomic E-state index is 4.55. The number of rotatable bonds is 7. The first-order valence-electron chi connectivity index (χ1n) is 10.3. The first-order valence-corrected chi connectivity index (χ1v) is 10.3. The fraction of sp³-hybridized carbons (Fsp3) is 0.571. The van der Waals surface area contributed by atoms with E-state index in [0.717, 1.165) is 56.6 Å². The molecular formula is C21H33N7. The molecular weight excluding hydrogens is 350 g/mol. The van der Waals surface area contributed by atoms with Crippen molar-refractivity contribution in [2.45, 2.75) is 52.6 Å². The molecule has 0 aliphatic carbocycles. The lowest BCUT2D eigenvalue weighted by Crippen LogP contribution is -2.37. The van der Waals surface area contributed by atoms with Gasteiger partial charge in [0, 0.05) is 51.7 Å². The van der Waals surface area contributed by atoms with Crippen molar-refractivity contribution >= 4 is 11.8 Å². The minimum atomic E-state index is 0.737. The number of hydrogen-bond donors (Lipinski definition) is 2. The van der Waals surface area contributed by atoms with E-state index in [1.54, 1.807) is 0 Å². The number of aromatic nitrogens is 3. The Morgan fingerprint density at radius 2 is 1.96 bits per heavy atom. The highest BCUT2D eigenvalue weighted by Crippen LogP contribution is 2.18. The lowest BCUT2D eigenvalue weighted by atomic mass is 10.1. The largest absolute Gasteiger partial charge is 0.357 e. The number of guanidine groups is 1. The molecule has 7 heteroatoms. The Labute approximate surface area is 168 Å². The Bertz CT molecular complexity index is 775. The molecule has 1 fully saturated rings. The third-order valence-corrected chi connectivity index (χ3v) is 5.12. The number of hydrogen-bond acceptors (Lipinski definition) is 4. The van der Waals surface area contributed by atoms with Gasteiger partial charge in [0.2, 0.25) is 0 Å². The fourth-order valence-corrected chi connectivity index (χ4v) is 3.61. The SMILES string of the molecule is CN=C(NCCCn1nc(C)cc1C)NCc1ccnc(N2CCCCC2)c1. The van der Waals surface area contributed by atoms with Gasteiger partial charge in [-0.1, -0.05) is 0 Å². The summed E-state index contributed by atoms with van der Waals surface area (Å²) >= 11 is 0. The summed E-state index contributed by atoms with van der Waals surface area (Å²) in [6.45, 7) is 8.86. The van der Waals surface area contributed by atoms with Crippen LogP contribution >= 0.6 is 0 Å². The summed E-state index contributed by atoms with van der Waals surface area (Å²) in [5.41, 5.74) is 3.51. The van der Waals surface area contributed by atoms with Crippen LogP contribution in [0.2, 0.25) is 0 Å². The Morgan fingerprint density at radius 1 is 1.14 bits per heavy atom. The lowest BCUT2D eigenvalue weighted by Gasteiger charge is -2.28. The van der Waals surface area contributed by atoms with E-state index in [4.69, 9.17) is 0 Å². The summed E-state index contributed by atoms with van der Waals surface area (Å²) < 4.78 is 2.06. The second-order valence-electron chi connectivity index (χ2n) is 7.43. The second kappa shape index (κ2) is 10.1. The highest BCUT2D eigenvalue weighted by atomic mass is 15.3. The van der Waals surface area contributed by atoms with Crippen molar-refractivity contribution in [3.05, 3.63) is 41.3 Å². The van der Waals surface area contributed by atoms with E-state index < -0.39 is 0 Å². The van der Waals surface area contributed by atoms with Gasteiger partial charge in [0.15, 0.2) is 5.96 Å². The zero-order chi connectivity index (χ0) is 19.8. The minimum Gasteiger partial charge on any atom is -0.357 e. The summed E-state index contributed by atoms with van der Waals surface area (Å²) in [5.74, 6) is 1.91. The molecule has 0 saturated carbocycles. The molecule has 0 spiro atoms. The number of piperidine rings is 1. The molecule has 7 nitrogen and oxygen atoms in total. The van der Waals surface area contributed by atoms with Crippen LogP contribution in [-0.2, 0) is 13.1 Å². The third kappa shape index (κ3) is 5.71. The zero-order valence-electron chi connectivity index (χ0n) is 17.4. The van der Waals surface area contributed by atoms with E-state index >= 15 is 0 Å². The Hall–Kier alpha value is -2.57. The molecule has 0 unspecified atom stereocenters. The van der Waals surface area contributed by atoms with Crippen LogP contribution in [0.25, 0.3) is 0 Å². The molecule has 28 heavy (non-hydrogen) atoms. The Balaban J connectivity index is 1.43. The van der Waals surface area contributed by atoms with Crippen LogP contribution in [0.3, 0.4) is 0 Å². The predicted molar refractivity (Wildman–Crippen MR) is 115 cm³/mol. The lowest BCUT2D eigenvalue weighted by molar-refractivity contribution is 0.555. The van der Waals surface area contributed by atoms with Crippen molar-refractivity contribution in [3.63, 3.8) is 0 Å². The highest BCUT2D eigenvalue weighted by Gasteiger charge is 2.12. The van der Waals surface area contributed by atoms with Crippen molar-refractivity contribution in [3.8, 4) is 0 Å². The molecule has 3 rings (SSSR count). The van der Waals surface area contributed by atoms with E-state index in [9.17, 15) is 0 Å². The number of nitrogens with zero attached hydrogens (tertiary/aromatic N) is 5. The van der Waals surface area contributed by atoms with E-state index in [1.165, 1.54) is 30.5 Å². The number of nitrogens with one attached hydrogen (secondary N) is 2. The Kier molecular flexibility index (Phi) is 7.28. The van der Waals surface area contributed by atoms with Gasteiger partial charge in [-0.3, -0.25) is 9.67 Å². The smallest absolute Gasteiger partial charge is 0.191 e. The molecule has 2 aromatic heterocycles. The molecule has 0 atom stereocenters. The summed E-state index contributed by atoms with van der Waals surface area (Å²) in [7, 11) is 1.81. The summed E-state index contributed by atoms with van der Waals surface area (Å²) in [6, 6.07) is 6.37. The fourth-order valence-electron chi connectivity index (χ4n) is 3.61. The van der Waals surface area contributed by atoms with Gasteiger partial charge < -0.3 is 15.5 Å². The maximum absolute atomic E-state index is 4.55. The average Bonchev–Trinajstić information content (AvgIpc) is 3.05. The number of pyridine rings is 1. The summed E-state index contributed by atoms with van der Waals surface area (Å²) in [6.07, 6.45) is 6.76. The topological polar surface area (TPSA) is 70.4 Å². The monoisotopic (exact) mass is 383 g/mol. The van der Waals surface area contributed by atoms with Crippen molar-refractivity contribution in [1.29, 1.82) is 0 Å². The van der Waals surface area contributed by atoms with Gasteiger partial charge in [-0.2, -0.15) is 5.10 Å². The quantitative estimate of drug-likeness (QED) is 0.437. The van der Waals surface area contributed by atoms with Crippen molar-refractivity contribution in [2.75, 3.05) is 31.6 Å². The second-order valence-corrected chi connectivity index (χ2v) is 7.43. The van der Waals surface area contributed by atoms with Gasteiger partial charge in [0.25, 0.3) is 0 Å². The molecule has 1 aliphatic rings. The van der Waals surface area contributed by atoms with Gasteiger partial charge in [0.1, 0.15) is 5.82 Å². The Morgan fingerprint density at radius 3 is 2.68 bits per heavy atom. The van der Waals surface area contributed by atoms with E-state index in [2.05, 4.69) is 60.4 Å². The van der Waals surface area contributed by atoms with Crippen LogP contribution in [0.5, 0.6) is 0 Å². The van der Waals surface area contributed by atoms with Gasteiger partial charge in [0.05, 0.1) is 5.69 Å². The van der Waals surface area contributed by atoms with E-state index in [1.807, 2.05) is 20.2 Å². The molecule has 2 N–H and O–H groups in total. The molecule has 3 heterocycles. The van der Waals surface area contributed by atoms with Gasteiger partial charge >= 0.3 is 0 Å². The zero-order valence-corrected chi connectivity index (χ0v) is 17.4. The average molecular weight is 384 g/mol.